The molecule has 0 saturated heterocycles. The molecule has 86 valence electrons. The highest BCUT2D eigenvalue weighted by Gasteiger charge is 2.49. The van der Waals surface area contributed by atoms with E-state index < -0.39 is 5.67 Å². The van der Waals surface area contributed by atoms with Crippen molar-refractivity contribution >= 4 is 0 Å². The molecule has 0 atom stereocenters. The Morgan fingerprint density at radius 1 is 0.812 bits per heavy atom. The lowest BCUT2D eigenvalue weighted by molar-refractivity contribution is 0.00349. The lowest BCUT2D eigenvalue weighted by Crippen LogP contribution is -2.45. The van der Waals surface area contributed by atoms with Gasteiger partial charge in [-0.1, -0.05) is 12.1 Å². The fourth-order valence-electron chi connectivity index (χ4n) is 3.38. The largest absolute Gasteiger partial charge is 0.244 e. The van der Waals surface area contributed by atoms with Crippen LogP contribution in [0.5, 0.6) is 0 Å². The van der Waals surface area contributed by atoms with Crippen LogP contribution < -0.4 is 0 Å². The second-order valence-corrected chi connectivity index (χ2v) is 5.44. The van der Waals surface area contributed by atoms with Gasteiger partial charge in [0.1, 0.15) is 11.5 Å². The summed E-state index contributed by atoms with van der Waals surface area (Å²) in [5.41, 5.74) is 0.458. The van der Waals surface area contributed by atoms with E-state index in [4.69, 9.17) is 0 Å². The minimum absolute atomic E-state index is 0.140. The Labute approximate surface area is 94.7 Å². The number of alkyl halides is 1. The monoisotopic (exact) mass is 222 g/mol. The van der Waals surface area contributed by atoms with Crippen molar-refractivity contribution in [1.29, 1.82) is 0 Å². The number of halogens is 2. The first-order valence-electron chi connectivity index (χ1n) is 6.07. The first-order valence-corrected chi connectivity index (χ1v) is 6.07. The average molecular weight is 222 g/mol. The van der Waals surface area contributed by atoms with Crippen LogP contribution in [0.25, 0.3) is 0 Å². The van der Waals surface area contributed by atoms with Gasteiger partial charge in [-0.2, -0.15) is 0 Å². The third-order valence-corrected chi connectivity index (χ3v) is 4.61. The van der Waals surface area contributed by atoms with Gasteiger partial charge in [-0.15, -0.1) is 0 Å². The molecular formula is C14H16F2. The van der Waals surface area contributed by atoms with Gasteiger partial charge in [-0.3, -0.25) is 0 Å². The number of hydrogen-bond donors (Lipinski definition) is 0. The van der Waals surface area contributed by atoms with Gasteiger partial charge in [0.25, 0.3) is 0 Å². The summed E-state index contributed by atoms with van der Waals surface area (Å²) in [5.74, 6) is -0.188. The Morgan fingerprint density at radius 3 is 1.81 bits per heavy atom. The Bertz CT molecular complexity index is 369. The third-order valence-electron chi connectivity index (χ3n) is 4.61. The molecule has 4 rings (SSSR count). The predicted molar refractivity (Wildman–Crippen MR) is 59.6 cm³/mol. The van der Waals surface area contributed by atoms with Crippen LogP contribution >= 0.6 is 0 Å². The van der Waals surface area contributed by atoms with E-state index in [0.717, 1.165) is 19.3 Å². The van der Waals surface area contributed by atoms with E-state index in [1.54, 1.807) is 0 Å². The van der Waals surface area contributed by atoms with Crippen LogP contribution in [0.3, 0.4) is 0 Å². The predicted octanol–water partition coefficient (Wildman–Crippen LogP) is 4.14. The summed E-state index contributed by atoms with van der Waals surface area (Å²) < 4.78 is 26.9. The Morgan fingerprint density at radius 2 is 1.31 bits per heavy atom. The Hall–Kier alpha value is -0.920. The molecule has 0 spiro atoms. The van der Waals surface area contributed by atoms with Gasteiger partial charge < -0.3 is 0 Å². The molecule has 1 aromatic rings. The van der Waals surface area contributed by atoms with E-state index in [2.05, 4.69) is 0 Å². The van der Waals surface area contributed by atoms with Crippen LogP contribution in [0, 0.1) is 5.82 Å². The first kappa shape index (κ1) is 10.2. The number of hydrogen-bond acceptors (Lipinski definition) is 0. The van der Waals surface area contributed by atoms with Crippen molar-refractivity contribution in [3.05, 3.63) is 35.6 Å². The smallest absolute Gasteiger partial charge is 0.123 e. The maximum atomic E-state index is 14.0. The van der Waals surface area contributed by atoms with Crippen molar-refractivity contribution in [2.75, 3.05) is 0 Å². The molecule has 2 heteroatoms. The standard InChI is InChI=1S/C14H16F2/c15-12-3-1-11(2-4-12)13-5-8-14(16,9-6-13)10-7-13/h1-4H,5-10H2. The fraction of sp³-hybridized carbons (Fsp3) is 0.571. The highest BCUT2D eigenvalue weighted by molar-refractivity contribution is 5.29. The minimum atomic E-state index is -0.887. The highest BCUT2D eigenvalue weighted by Crippen LogP contribution is 2.55. The maximum Gasteiger partial charge on any atom is 0.123 e. The summed E-state index contributed by atoms with van der Waals surface area (Å²) in [7, 11) is 0. The minimum Gasteiger partial charge on any atom is -0.244 e. The molecule has 0 N–H and O–H groups in total. The molecule has 0 heterocycles. The molecule has 3 aliphatic carbocycles. The van der Waals surface area contributed by atoms with Crippen LogP contribution in [-0.2, 0) is 5.41 Å². The van der Waals surface area contributed by atoms with Crippen LogP contribution in [0.1, 0.15) is 44.1 Å². The Kier molecular flexibility index (Phi) is 2.10. The van der Waals surface area contributed by atoms with E-state index >= 15 is 0 Å². The van der Waals surface area contributed by atoms with Crippen molar-refractivity contribution in [3.63, 3.8) is 0 Å². The van der Waals surface area contributed by atoms with Gasteiger partial charge in [0.15, 0.2) is 0 Å². The average Bonchev–Trinajstić information content (AvgIpc) is 2.31. The number of benzene rings is 1. The molecule has 0 aromatic heterocycles. The zero-order valence-corrected chi connectivity index (χ0v) is 9.31. The van der Waals surface area contributed by atoms with E-state index in [-0.39, 0.29) is 11.2 Å². The summed E-state index contributed by atoms with van der Waals surface area (Å²) in [6.07, 6.45) is 4.83. The van der Waals surface area contributed by atoms with Crippen molar-refractivity contribution in [3.8, 4) is 0 Å². The number of fused-ring (bicyclic) bond motifs is 3. The van der Waals surface area contributed by atoms with Gasteiger partial charge in [0.05, 0.1) is 0 Å². The highest BCUT2D eigenvalue weighted by atomic mass is 19.1. The molecule has 0 nitrogen and oxygen atoms in total. The van der Waals surface area contributed by atoms with Crippen LogP contribution in [0.15, 0.2) is 24.3 Å². The molecule has 0 amide bonds. The summed E-state index contributed by atoms with van der Waals surface area (Å²) in [5, 5.41) is 0. The van der Waals surface area contributed by atoms with Crippen molar-refractivity contribution in [1.82, 2.24) is 0 Å². The van der Waals surface area contributed by atoms with Gasteiger partial charge in [-0.05, 0) is 61.6 Å². The summed E-state index contributed by atoms with van der Waals surface area (Å²) >= 11 is 0. The second kappa shape index (κ2) is 3.28. The number of rotatable bonds is 1. The fourth-order valence-corrected chi connectivity index (χ4v) is 3.38. The van der Waals surface area contributed by atoms with Crippen molar-refractivity contribution in [2.45, 2.75) is 49.6 Å². The van der Waals surface area contributed by atoms with Gasteiger partial charge in [-0.25, -0.2) is 8.78 Å². The van der Waals surface area contributed by atoms with E-state index in [1.807, 2.05) is 12.1 Å². The molecule has 0 radical (unpaired) electrons. The maximum absolute atomic E-state index is 14.0. The van der Waals surface area contributed by atoms with Crippen LogP contribution in [0.2, 0.25) is 0 Å². The summed E-state index contributed by atoms with van der Waals surface area (Å²) in [4.78, 5) is 0. The summed E-state index contributed by atoms with van der Waals surface area (Å²) in [6, 6.07) is 6.81. The first-order chi connectivity index (χ1) is 7.62. The second-order valence-electron chi connectivity index (χ2n) is 5.44. The summed E-state index contributed by atoms with van der Waals surface area (Å²) in [6.45, 7) is 0. The lowest BCUT2D eigenvalue weighted by Gasteiger charge is -2.50. The lowest BCUT2D eigenvalue weighted by atomic mass is 9.57. The Balaban J connectivity index is 1.92. The van der Waals surface area contributed by atoms with E-state index in [9.17, 15) is 8.78 Å². The zero-order chi connectivity index (χ0) is 11.2. The molecule has 3 saturated carbocycles. The van der Waals surface area contributed by atoms with E-state index in [1.165, 1.54) is 17.7 Å². The SMILES string of the molecule is Fc1ccc(C23CCC(F)(CC2)CC3)cc1. The molecule has 3 aliphatic rings. The van der Waals surface area contributed by atoms with Gasteiger partial charge in [0, 0.05) is 0 Å². The zero-order valence-electron chi connectivity index (χ0n) is 9.31. The third kappa shape index (κ3) is 1.47. The topological polar surface area (TPSA) is 0 Å². The molecule has 1 aromatic carbocycles. The molecule has 0 unspecified atom stereocenters. The normalized spacial score (nSPS) is 37.6. The van der Waals surface area contributed by atoms with Gasteiger partial charge in [0.2, 0.25) is 0 Å². The molecule has 16 heavy (non-hydrogen) atoms. The van der Waals surface area contributed by atoms with Crippen molar-refractivity contribution in [2.24, 2.45) is 0 Å². The molecule has 3 fully saturated rings. The molecular weight excluding hydrogens is 206 g/mol. The van der Waals surface area contributed by atoms with Crippen molar-refractivity contribution < 1.29 is 8.78 Å². The van der Waals surface area contributed by atoms with Crippen LogP contribution in [-0.4, -0.2) is 5.67 Å². The van der Waals surface area contributed by atoms with E-state index in [0.29, 0.717) is 19.3 Å². The molecule has 0 aliphatic heterocycles. The van der Waals surface area contributed by atoms with Crippen LogP contribution in [0.4, 0.5) is 8.78 Å². The van der Waals surface area contributed by atoms with Gasteiger partial charge >= 0.3 is 0 Å². The molecule has 2 bridgehead atoms. The quantitative estimate of drug-likeness (QED) is 0.670.